The Morgan fingerprint density at radius 1 is 1.46 bits per heavy atom. The molecule has 0 bridgehead atoms. The SMILES string of the molecule is C#CC(C)(O)CCC=C(CC)CC. The third kappa shape index (κ3) is 5.49. The van der Waals surface area contributed by atoms with Gasteiger partial charge in [0, 0.05) is 0 Å². The smallest absolute Gasteiger partial charge is 0.122 e. The van der Waals surface area contributed by atoms with Crippen molar-refractivity contribution in [1.82, 2.24) is 0 Å². The molecule has 0 aromatic heterocycles. The molecule has 0 rings (SSSR count). The third-order valence-corrected chi connectivity index (χ3v) is 2.28. The van der Waals surface area contributed by atoms with E-state index in [4.69, 9.17) is 6.42 Å². The van der Waals surface area contributed by atoms with E-state index in [0.29, 0.717) is 6.42 Å². The van der Waals surface area contributed by atoms with Crippen molar-refractivity contribution in [2.45, 2.75) is 52.1 Å². The molecule has 0 aromatic carbocycles. The van der Waals surface area contributed by atoms with Crippen LogP contribution >= 0.6 is 0 Å². The van der Waals surface area contributed by atoms with Crippen molar-refractivity contribution >= 4 is 0 Å². The Morgan fingerprint density at radius 3 is 2.38 bits per heavy atom. The van der Waals surface area contributed by atoms with E-state index in [1.165, 1.54) is 5.57 Å². The molecule has 0 amide bonds. The summed E-state index contributed by atoms with van der Waals surface area (Å²) < 4.78 is 0. The second kappa shape index (κ2) is 5.83. The van der Waals surface area contributed by atoms with Crippen molar-refractivity contribution in [3.63, 3.8) is 0 Å². The summed E-state index contributed by atoms with van der Waals surface area (Å²) >= 11 is 0. The van der Waals surface area contributed by atoms with Crippen molar-refractivity contribution in [2.75, 3.05) is 0 Å². The number of hydrogen-bond donors (Lipinski definition) is 1. The maximum absolute atomic E-state index is 9.52. The Balaban J connectivity index is 3.92. The van der Waals surface area contributed by atoms with Gasteiger partial charge in [0.2, 0.25) is 0 Å². The summed E-state index contributed by atoms with van der Waals surface area (Å²) in [4.78, 5) is 0. The van der Waals surface area contributed by atoms with Gasteiger partial charge >= 0.3 is 0 Å². The van der Waals surface area contributed by atoms with E-state index >= 15 is 0 Å². The average Bonchev–Trinajstić information content (AvgIpc) is 2.12. The van der Waals surface area contributed by atoms with Crippen LogP contribution in [0.25, 0.3) is 0 Å². The van der Waals surface area contributed by atoms with Crippen LogP contribution in [-0.4, -0.2) is 10.7 Å². The van der Waals surface area contributed by atoms with Gasteiger partial charge in [0.05, 0.1) is 0 Å². The molecule has 74 valence electrons. The van der Waals surface area contributed by atoms with Crippen molar-refractivity contribution in [2.24, 2.45) is 0 Å². The van der Waals surface area contributed by atoms with E-state index in [-0.39, 0.29) is 0 Å². The van der Waals surface area contributed by atoms with Gasteiger partial charge in [-0.15, -0.1) is 6.42 Å². The molecule has 1 N–H and O–H groups in total. The molecule has 0 aliphatic heterocycles. The Morgan fingerprint density at radius 2 is 2.00 bits per heavy atom. The molecular weight excluding hydrogens is 160 g/mol. The molecule has 0 saturated heterocycles. The summed E-state index contributed by atoms with van der Waals surface area (Å²) in [6, 6.07) is 0. The summed E-state index contributed by atoms with van der Waals surface area (Å²) in [6.07, 6.45) is 11.1. The molecule has 0 spiro atoms. The van der Waals surface area contributed by atoms with Crippen molar-refractivity contribution in [3.8, 4) is 12.3 Å². The zero-order valence-corrected chi connectivity index (χ0v) is 8.93. The van der Waals surface area contributed by atoms with Crippen molar-refractivity contribution in [3.05, 3.63) is 11.6 Å². The minimum Gasteiger partial charge on any atom is -0.378 e. The molecule has 1 unspecified atom stereocenters. The van der Waals surface area contributed by atoms with Crippen LogP contribution in [0.3, 0.4) is 0 Å². The summed E-state index contributed by atoms with van der Waals surface area (Å²) in [5.41, 5.74) is 0.496. The fourth-order valence-corrected chi connectivity index (χ4v) is 1.17. The maximum Gasteiger partial charge on any atom is 0.122 e. The van der Waals surface area contributed by atoms with E-state index in [2.05, 4.69) is 25.8 Å². The summed E-state index contributed by atoms with van der Waals surface area (Å²) in [7, 11) is 0. The fourth-order valence-electron chi connectivity index (χ4n) is 1.17. The topological polar surface area (TPSA) is 20.2 Å². The Hall–Kier alpha value is -0.740. The molecule has 0 saturated carbocycles. The quantitative estimate of drug-likeness (QED) is 0.509. The van der Waals surface area contributed by atoms with E-state index in [9.17, 15) is 5.11 Å². The minimum absolute atomic E-state index is 0.646. The van der Waals surface area contributed by atoms with Crippen LogP contribution in [0, 0.1) is 12.3 Å². The predicted molar refractivity (Wildman–Crippen MR) is 57.4 cm³/mol. The molecular formula is C12H20O. The van der Waals surface area contributed by atoms with Crippen LogP contribution in [0.2, 0.25) is 0 Å². The zero-order chi connectivity index (χ0) is 10.3. The van der Waals surface area contributed by atoms with Gasteiger partial charge < -0.3 is 5.11 Å². The average molecular weight is 180 g/mol. The first-order chi connectivity index (χ1) is 6.05. The number of hydrogen-bond acceptors (Lipinski definition) is 1. The Bertz CT molecular complexity index is 200. The van der Waals surface area contributed by atoms with Gasteiger partial charge in [0.1, 0.15) is 5.60 Å². The molecule has 0 heterocycles. The normalized spacial score (nSPS) is 14.4. The van der Waals surface area contributed by atoms with Crippen molar-refractivity contribution < 1.29 is 5.11 Å². The second-order valence-corrected chi connectivity index (χ2v) is 3.53. The first-order valence-electron chi connectivity index (χ1n) is 4.93. The molecule has 0 aromatic rings. The summed E-state index contributed by atoms with van der Waals surface area (Å²) in [5, 5.41) is 9.52. The molecule has 0 aliphatic carbocycles. The first kappa shape index (κ1) is 12.3. The maximum atomic E-state index is 9.52. The zero-order valence-electron chi connectivity index (χ0n) is 8.93. The van der Waals surface area contributed by atoms with Crippen LogP contribution in [0.5, 0.6) is 0 Å². The highest BCUT2D eigenvalue weighted by molar-refractivity contribution is 5.07. The number of allylic oxidation sites excluding steroid dienone is 2. The van der Waals surface area contributed by atoms with E-state index < -0.39 is 5.60 Å². The van der Waals surface area contributed by atoms with Crippen LogP contribution in [-0.2, 0) is 0 Å². The summed E-state index contributed by atoms with van der Waals surface area (Å²) in [5.74, 6) is 2.38. The van der Waals surface area contributed by atoms with Crippen LogP contribution in [0.1, 0.15) is 46.5 Å². The lowest BCUT2D eigenvalue weighted by Gasteiger charge is -2.14. The van der Waals surface area contributed by atoms with E-state index in [0.717, 1.165) is 19.3 Å². The lowest BCUT2D eigenvalue weighted by Crippen LogP contribution is -2.20. The highest BCUT2D eigenvalue weighted by Gasteiger charge is 2.14. The van der Waals surface area contributed by atoms with Crippen LogP contribution in [0.4, 0.5) is 0 Å². The highest BCUT2D eigenvalue weighted by Crippen LogP contribution is 2.14. The minimum atomic E-state index is -0.941. The predicted octanol–water partition coefficient (Wildman–Crippen LogP) is 2.90. The van der Waals surface area contributed by atoms with Gasteiger partial charge in [-0.3, -0.25) is 0 Å². The fraction of sp³-hybridized carbons (Fsp3) is 0.667. The van der Waals surface area contributed by atoms with Gasteiger partial charge in [-0.2, -0.15) is 0 Å². The van der Waals surface area contributed by atoms with Gasteiger partial charge in [-0.05, 0) is 32.6 Å². The van der Waals surface area contributed by atoms with Crippen LogP contribution in [0.15, 0.2) is 11.6 Å². The van der Waals surface area contributed by atoms with E-state index in [1.54, 1.807) is 6.92 Å². The second-order valence-electron chi connectivity index (χ2n) is 3.53. The van der Waals surface area contributed by atoms with Gasteiger partial charge in [-0.1, -0.05) is 31.4 Å². The molecule has 1 nitrogen and oxygen atoms in total. The van der Waals surface area contributed by atoms with E-state index in [1.807, 2.05) is 0 Å². The third-order valence-electron chi connectivity index (χ3n) is 2.28. The molecule has 1 heteroatoms. The molecule has 0 aliphatic rings. The summed E-state index contributed by atoms with van der Waals surface area (Å²) in [6.45, 7) is 5.97. The molecule has 1 atom stereocenters. The van der Waals surface area contributed by atoms with Gasteiger partial charge in [0.25, 0.3) is 0 Å². The highest BCUT2D eigenvalue weighted by atomic mass is 16.3. The lowest BCUT2D eigenvalue weighted by molar-refractivity contribution is 0.113. The largest absolute Gasteiger partial charge is 0.378 e. The molecule has 13 heavy (non-hydrogen) atoms. The standard InChI is InChI=1S/C12H20O/c1-5-11(6-2)9-8-10-12(4,13)7-3/h3,9,13H,5-6,8,10H2,1-2,4H3. The molecule has 0 fully saturated rings. The van der Waals surface area contributed by atoms with Gasteiger partial charge in [0.15, 0.2) is 0 Å². The van der Waals surface area contributed by atoms with Crippen molar-refractivity contribution in [1.29, 1.82) is 0 Å². The number of rotatable bonds is 5. The number of aliphatic hydroxyl groups is 1. The first-order valence-corrected chi connectivity index (χ1v) is 4.93. The van der Waals surface area contributed by atoms with Gasteiger partial charge in [-0.25, -0.2) is 0 Å². The molecule has 0 radical (unpaired) electrons. The Labute approximate surface area is 81.9 Å². The monoisotopic (exact) mass is 180 g/mol. The lowest BCUT2D eigenvalue weighted by atomic mass is 9.99. The Kier molecular flexibility index (Phi) is 5.50. The van der Waals surface area contributed by atoms with Crippen LogP contribution < -0.4 is 0 Å². The number of terminal acetylenes is 1.